The third kappa shape index (κ3) is 1.45. The lowest BCUT2D eigenvalue weighted by Gasteiger charge is -2.23. The van der Waals surface area contributed by atoms with Crippen LogP contribution in [0.4, 0.5) is 0 Å². The van der Waals surface area contributed by atoms with Gasteiger partial charge in [-0.3, -0.25) is 0 Å². The largest absolute Gasteiger partial charge is 0.329 e. The van der Waals surface area contributed by atoms with Gasteiger partial charge in [0.2, 0.25) is 4.96 Å². The van der Waals surface area contributed by atoms with Gasteiger partial charge in [-0.15, -0.1) is 10.2 Å². The van der Waals surface area contributed by atoms with Crippen molar-refractivity contribution in [2.75, 3.05) is 6.54 Å². The Morgan fingerprint density at radius 3 is 2.72 bits per heavy atom. The predicted molar refractivity (Wildman–Crippen MR) is 69.8 cm³/mol. The van der Waals surface area contributed by atoms with Crippen molar-refractivity contribution in [3.63, 3.8) is 0 Å². The maximum Gasteiger partial charge on any atom is 0.234 e. The van der Waals surface area contributed by atoms with Crippen LogP contribution in [0.15, 0.2) is 0 Å². The summed E-state index contributed by atoms with van der Waals surface area (Å²) in [6.45, 7) is 0.704. The second kappa shape index (κ2) is 3.74. The molecule has 2 aromatic heterocycles. The van der Waals surface area contributed by atoms with Crippen molar-refractivity contribution >= 4 is 16.3 Å². The third-order valence-electron chi connectivity index (χ3n) is 4.36. The molecule has 0 bridgehead atoms. The Morgan fingerprint density at radius 1 is 1.28 bits per heavy atom. The highest BCUT2D eigenvalue weighted by Gasteiger charge is 2.39. The van der Waals surface area contributed by atoms with E-state index in [0.717, 1.165) is 10.8 Å². The highest BCUT2D eigenvalue weighted by atomic mass is 32.1. The van der Waals surface area contributed by atoms with Crippen molar-refractivity contribution in [2.24, 2.45) is 5.73 Å². The quantitative estimate of drug-likeness (QED) is 0.917. The van der Waals surface area contributed by atoms with Gasteiger partial charge in [0.05, 0.1) is 0 Å². The molecule has 96 valence electrons. The minimum absolute atomic E-state index is 0.117. The topological polar surface area (TPSA) is 69.1 Å². The van der Waals surface area contributed by atoms with E-state index in [1.54, 1.807) is 11.3 Å². The van der Waals surface area contributed by atoms with Gasteiger partial charge in [0, 0.05) is 17.9 Å². The van der Waals surface area contributed by atoms with Crippen LogP contribution in [0.2, 0.25) is 0 Å². The second-order valence-electron chi connectivity index (χ2n) is 5.63. The van der Waals surface area contributed by atoms with Crippen LogP contribution in [0.1, 0.15) is 55.3 Å². The maximum absolute atomic E-state index is 6.02. The summed E-state index contributed by atoms with van der Waals surface area (Å²) >= 11 is 1.68. The van der Waals surface area contributed by atoms with Crippen LogP contribution in [0.5, 0.6) is 0 Å². The maximum atomic E-state index is 6.02. The molecule has 2 aromatic rings. The zero-order valence-corrected chi connectivity index (χ0v) is 11.1. The molecule has 0 saturated heterocycles. The van der Waals surface area contributed by atoms with E-state index in [0.29, 0.717) is 12.5 Å². The minimum Gasteiger partial charge on any atom is -0.329 e. The molecule has 2 fully saturated rings. The van der Waals surface area contributed by atoms with Crippen molar-refractivity contribution in [2.45, 2.75) is 49.9 Å². The zero-order valence-electron chi connectivity index (χ0n) is 10.3. The highest BCUT2D eigenvalue weighted by Crippen LogP contribution is 2.43. The summed E-state index contributed by atoms with van der Waals surface area (Å²) in [4.78, 5) is 0.937. The van der Waals surface area contributed by atoms with Gasteiger partial charge < -0.3 is 5.73 Å². The van der Waals surface area contributed by atoms with Crippen molar-refractivity contribution in [1.29, 1.82) is 0 Å². The number of rotatable bonds is 3. The number of fused-ring (bicyclic) bond motifs is 1. The number of nitrogens with two attached hydrogens (primary N) is 1. The average molecular weight is 263 g/mol. The minimum atomic E-state index is 0.117. The van der Waals surface area contributed by atoms with E-state index in [9.17, 15) is 0 Å². The van der Waals surface area contributed by atoms with E-state index in [1.165, 1.54) is 43.5 Å². The van der Waals surface area contributed by atoms with Crippen molar-refractivity contribution in [1.82, 2.24) is 19.8 Å². The zero-order chi connectivity index (χ0) is 12.2. The molecule has 4 rings (SSSR count). The third-order valence-corrected chi connectivity index (χ3v) is 5.51. The first-order valence-electron chi connectivity index (χ1n) is 6.75. The molecule has 2 aliphatic carbocycles. The van der Waals surface area contributed by atoms with Crippen molar-refractivity contribution in [3.8, 4) is 0 Å². The number of nitrogens with zero attached hydrogens (tertiary/aromatic N) is 4. The molecular formula is C12H17N5S. The summed E-state index contributed by atoms with van der Waals surface area (Å²) in [5.41, 5.74) is 6.14. The van der Waals surface area contributed by atoms with Gasteiger partial charge in [0.15, 0.2) is 5.82 Å². The molecule has 0 unspecified atom stereocenters. The predicted octanol–water partition coefficient (Wildman–Crippen LogP) is 1.83. The van der Waals surface area contributed by atoms with Gasteiger partial charge in [-0.1, -0.05) is 24.2 Å². The molecule has 0 aromatic carbocycles. The Morgan fingerprint density at radius 2 is 2.06 bits per heavy atom. The molecule has 2 saturated carbocycles. The van der Waals surface area contributed by atoms with Crippen LogP contribution in [0.25, 0.3) is 4.96 Å². The van der Waals surface area contributed by atoms with E-state index in [1.807, 2.05) is 4.52 Å². The first-order valence-corrected chi connectivity index (χ1v) is 7.57. The van der Waals surface area contributed by atoms with Gasteiger partial charge in [-0.2, -0.15) is 9.61 Å². The van der Waals surface area contributed by atoms with Gasteiger partial charge >= 0.3 is 0 Å². The summed E-state index contributed by atoms with van der Waals surface area (Å²) < 4.78 is 1.97. The molecule has 2 N–H and O–H groups in total. The van der Waals surface area contributed by atoms with Crippen LogP contribution in [-0.2, 0) is 5.41 Å². The molecular weight excluding hydrogens is 246 g/mol. The second-order valence-corrected chi connectivity index (χ2v) is 6.58. The van der Waals surface area contributed by atoms with E-state index in [4.69, 9.17) is 10.8 Å². The standard InChI is InChI=1S/C12H17N5S/c13-7-12(5-1-2-6-12)10-16-17-9(8-3-4-8)14-15-11(17)18-10/h8H,1-7,13H2. The lowest BCUT2D eigenvalue weighted by Crippen LogP contribution is -2.32. The van der Waals surface area contributed by atoms with Gasteiger partial charge in [-0.05, 0) is 25.7 Å². The fourth-order valence-corrected chi connectivity index (χ4v) is 4.10. The van der Waals surface area contributed by atoms with Crippen molar-refractivity contribution in [3.05, 3.63) is 10.8 Å². The molecule has 18 heavy (non-hydrogen) atoms. The van der Waals surface area contributed by atoms with E-state index in [2.05, 4.69) is 10.2 Å². The Bertz CT molecular complexity index is 576. The van der Waals surface area contributed by atoms with Gasteiger partial charge in [0.1, 0.15) is 5.01 Å². The molecule has 0 atom stereocenters. The molecule has 2 heterocycles. The van der Waals surface area contributed by atoms with E-state index < -0.39 is 0 Å². The summed E-state index contributed by atoms with van der Waals surface area (Å²) in [5, 5.41) is 14.5. The Hall–Kier alpha value is -1.01. The SMILES string of the molecule is NCC1(c2nn3c(C4CC4)nnc3s2)CCCC1. The first kappa shape index (κ1) is 10.9. The molecule has 0 amide bonds. The Kier molecular flexibility index (Phi) is 2.26. The number of hydrogen-bond donors (Lipinski definition) is 1. The summed E-state index contributed by atoms with van der Waals surface area (Å²) in [6, 6.07) is 0. The van der Waals surface area contributed by atoms with Crippen LogP contribution in [0.3, 0.4) is 0 Å². The van der Waals surface area contributed by atoms with E-state index in [-0.39, 0.29) is 5.41 Å². The van der Waals surface area contributed by atoms with Crippen LogP contribution in [0, 0.1) is 0 Å². The van der Waals surface area contributed by atoms with Crippen molar-refractivity contribution < 1.29 is 0 Å². The molecule has 2 aliphatic rings. The highest BCUT2D eigenvalue weighted by molar-refractivity contribution is 7.16. The average Bonchev–Trinajstić information content (AvgIpc) is 2.83. The fraction of sp³-hybridized carbons (Fsp3) is 0.750. The fourth-order valence-electron chi connectivity index (χ4n) is 3.00. The molecule has 0 radical (unpaired) electrons. The molecule has 0 spiro atoms. The monoisotopic (exact) mass is 263 g/mol. The molecule has 0 aliphatic heterocycles. The van der Waals surface area contributed by atoms with Gasteiger partial charge in [0.25, 0.3) is 0 Å². The molecule has 5 nitrogen and oxygen atoms in total. The van der Waals surface area contributed by atoms with E-state index >= 15 is 0 Å². The lowest BCUT2D eigenvalue weighted by atomic mass is 9.87. The van der Waals surface area contributed by atoms with Crippen LogP contribution >= 0.6 is 11.3 Å². The van der Waals surface area contributed by atoms with Crippen LogP contribution < -0.4 is 5.73 Å². The summed E-state index contributed by atoms with van der Waals surface area (Å²) in [6.07, 6.45) is 7.35. The Labute approximate surface area is 109 Å². The van der Waals surface area contributed by atoms with Crippen LogP contribution in [-0.4, -0.2) is 26.4 Å². The Balaban J connectivity index is 1.80. The van der Waals surface area contributed by atoms with Gasteiger partial charge in [-0.25, -0.2) is 0 Å². The lowest BCUT2D eigenvalue weighted by molar-refractivity contribution is 0.444. The summed E-state index contributed by atoms with van der Waals surface area (Å²) in [5.74, 6) is 1.64. The first-order chi connectivity index (χ1) is 8.82. The normalized spacial score (nSPS) is 22.9. The number of aromatic nitrogens is 4. The number of hydrogen-bond acceptors (Lipinski definition) is 5. The summed E-state index contributed by atoms with van der Waals surface area (Å²) in [7, 11) is 0. The molecule has 6 heteroatoms. The smallest absolute Gasteiger partial charge is 0.234 e.